The predicted molar refractivity (Wildman–Crippen MR) is 69.0 cm³/mol. The number of nitrogens with one attached hydrogen (secondary N) is 1. The van der Waals surface area contributed by atoms with E-state index in [2.05, 4.69) is 5.32 Å². The molecular weight excluding hydrogens is 254 g/mol. The highest BCUT2D eigenvalue weighted by Crippen LogP contribution is 2.24. The second-order valence-electron chi connectivity index (χ2n) is 4.51. The van der Waals surface area contributed by atoms with Crippen LogP contribution in [0.25, 0.3) is 0 Å². The summed E-state index contributed by atoms with van der Waals surface area (Å²) in [6, 6.07) is 4.45. The van der Waals surface area contributed by atoms with Crippen molar-refractivity contribution in [3.05, 3.63) is 28.8 Å². The summed E-state index contributed by atoms with van der Waals surface area (Å²) in [5.74, 6) is -0.219. The highest BCUT2D eigenvalue weighted by molar-refractivity contribution is 6.33. The van der Waals surface area contributed by atoms with Gasteiger partial charge in [0, 0.05) is 13.2 Å². The van der Waals surface area contributed by atoms with Gasteiger partial charge in [-0.1, -0.05) is 11.6 Å². The third-order valence-electron chi connectivity index (χ3n) is 3.25. The Kier molecular flexibility index (Phi) is 4.09. The van der Waals surface area contributed by atoms with Crippen molar-refractivity contribution in [2.45, 2.75) is 31.4 Å². The van der Waals surface area contributed by atoms with Crippen LogP contribution >= 0.6 is 11.6 Å². The van der Waals surface area contributed by atoms with Crippen LogP contribution in [0.4, 0.5) is 0 Å². The minimum absolute atomic E-state index is 0.0331. The largest absolute Gasteiger partial charge is 0.508 e. The van der Waals surface area contributed by atoms with Crippen molar-refractivity contribution in [1.82, 2.24) is 5.32 Å². The predicted octanol–water partition coefficient (Wildman–Crippen LogP) is 2.34. The molecule has 2 rings (SSSR count). The van der Waals surface area contributed by atoms with Crippen molar-refractivity contribution >= 4 is 17.5 Å². The Labute approximate surface area is 111 Å². The summed E-state index contributed by atoms with van der Waals surface area (Å²) < 4.78 is 5.25. The SMILES string of the molecule is COC1CCC(NC(=O)c2cc(O)ccc2Cl)C1. The fraction of sp³-hybridized carbons (Fsp3) is 0.462. The first-order chi connectivity index (χ1) is 8.60. The summed E-state index contributed by atoms with van der Waals surface area (Å²) in [6.45, 7) is 0. The number of hydrogen-bond donors (Lipinski definition) is 2. The maximum absolute atomic E-state index is 12.0. The molecule has 0 heterocycles. The number of phenolic OH excluding ortho intramolecular Hbond substituents is 1. The van der Waals surface area contributed by atoms with E-state index in [0.717, 1.165) is 19.3 Å². The molecule has 0 bridgehead atoms. The molecule has 0 saturated heterocycles. The number of hydrogen-bond acceptors (Lipinski definition) is 3. The molecule has 0 aromatic heterocycles. The van der Waals surface area contributed by atoms with Crippen molar-refractivity contribution in [2.24, 2.45) is 0 Å². The van der Waals surface area contributed by atoms with E-state index in [9.17, 15) is 9.90 Å². The van der Waals surface area contributed by atoms with E-state index in [4.69, 9.17) is 16.3 Å². The topological polar surface area (TPSA) is 58.6 Å². The Morgan fingerprint density at radius 3 is 2.94 bits per heavy atom. The van der Waals surface area contributed by atoms with E-state index in [1.54, 1.807) is 7.11 Å². The van der Waals surface area contributed by atoms with Gasteiger partial charge in [0.25, 0.3) is 5.91 Å². The Morgan fingerprint density at radius 1 is 1.50 bits per heavy atom. The standard InChI is InChI=1S/C13H16ClNO3/c1-18-10-4-2-8(6-10)15-13(17)11-7-9(16)3-5-12(11)14/h3,5,7-8,10,16H,2,4,6H2,1H3,(H,15,17). The van der Waals surface area contributed by atoms with Gasteiger partial charge in [0.15, 0.2) is 0 Å². The second-order valence-corrected chi connectivity index (χ2v) is 4.91. The minimum atomic E-state index is -0.252. The summed E-state index contributed by atoms with van der Waals surface area (Å²) in [5.41, 5.74) is 0.303. The normalized spacial score (nSPS) is 23.0. The Bertz CT molecular complexity index is 450. The first kappa shape index (κ1) is 13.2. The molecule has 0 radical (unpaired) electrons. The molecule has 1 aromatic carbocycles. The number of rotatable bonds is 3. The van der Waals surface area contributed by atoms with E-state index in [-0.39, 0.29) is 23.8 Å². The van der Waals surface area contributed by atoms with Gasteiger partial charge in [-0.3, -0.25) is 4.79 Å². The number of ether oxygens (including phenoxy) is 1. The molecule has 2 unspecified atom stereocenters. The number of carbonyl (C=O) groups excluding carboxylic acids is 1. The zero-order chi connectivity index (χ0) is 13.1. The molecule has 1 aliphatic carbocycles. The van der Waals surface area contributed by atoms with Gasteiger partial charge in [0.2, 0.25) is 0 Å². The van der Waals surface area contributed by atoms with Crippen molar-refractivity contribution < 1.29 is 14.6 Å². The zero-order valence-corrected chi connectivity index (χ0v) is 10.9. The van der Waals surface area contributed by atoms with Crippen molar-refractivity contribution in [2.75, 3.05) is 7.11 Å². The van der Waals surface area contributed by atoms with Crippen LogP contribution in [0.2, 0.25) is 5.02 Å². The number of amides is 1. The molecule has 0 spiro atoms. The van der Waals surface area contributed by atoms with Gasteiger partial charge >= 0.3 is 0 Å². The van der Waals surface area contributed by atoms with Gasteiger partial charge in [-0.2, -0.15) is 0 Å². The quantitative estimate of drug-likeness (QED) is 0.886. The Hall–Kier alpha value is -1.26. The van der Waals surface area contributed by atoms with E-state index >= 15 is 0 Å². The first-order valence-corrected chi connectivity index (χ1v) is 6.30. The summed E-state index contributed by atoms with van der Waals surface area (Å²) >= 11 is 5.94. The average Bonchev–Trinajstić information content (AvgIpc) is 2.80. The van der Waals surface area contributed by atoms with Crippen molar-refractivity contribution in [1.29, 1.82) is 0 Å². The fourth-order valence-electron chi connectivity index (χ4n) is 2.24. The number of aromatic hydroxyl groups is 1. The van der Waals surface area contributed by atoms with E-state index in [1.807, 2.05) is 0 Å². The second kappa shape index (κ2) is 5.59. The lowest BCUT2D eigenvalue weighted by Gasteiger charge is -2.13. The smallest absolute Gasteiger partial charge is 0.253 e. The van der Waals surface area contributed by atoms with Crippen LogP contribution < -0.4 is 5.32 Å². The minimum Gasteiger partial charge on any atom is -0.508 e. The van der Waals surface area contributed by atoms with Crippen LogP contribution in [0.5, 0.6) is 5.75 Å². The van der Waals surface area contributed by atoms with Gasteiger partial charge in [-0.05, 0) is 37.5 Å². The number of halogens is 1. The van der Waals surface area contributed by atoms with Crippen LogP contribution in [0, 0.1) is 0 Å². The molecule has 1 saturated carbocycles. The molecule has 18 heavy (non-hydrogen) atoms. The van der Waals surface area contributed by atoms with E-state index < -0.39 is 0 Å². The third kappa shape index (κ3) is 2.94. The molecule has 98 valence electrons. The van der Waals surface area contributed by atoms with E-state index in [0.29, 0.717) is 10.6 Å². The van der Waals surface area contributed by atoms with Gasteiger partial charge in [-0.25, -0.2) is 0 Å². The summed E-state index contributed by atoms with van der Waals surface area (Å²) in [7, 11) is 1.68. The summed E-state index contributed by atoms with van der Waals surface area (Å²) in [6.07, 6.45) is 2.89. The molecule has 1 fully saturated rings. The molecule has 2 N–H and O–H groups in total. The van der Waals surface area contributed by atoms with Crippen LogP contribution in [0.15, 0.2) is 18.2 Å². The molecule has 1 amide bonds. The third-order valence-corrected chi connectivity index (χ3v) is 3.58. The van der Waals surface area contributed by atoms with Crippen LogP contribution in [0.1, 0.15) is 29.6 Å². The average molecular weight is 270 g/mol. The molecule has 5 heteroatoms. The highest BCUT2D eigenvalue weighted by Gasteiger charge is 2.26. The molecular formula is C13H16ClNO3. The monoisotopic (exact) mass is 269 g/mol. The van der Waals surface area contributed by atoms with Crippen LogP contribution in [-0.2, 0) is 4.74 Å². The van der Waals surface area contributed by atoms with Crippen molar-refractivity contribution in [3.63, 3.8) is 0 Å². The Balaban J connectivity index is 2.02. The van der Waals surface area contributed by atoms with Crippen LogP contribution in [0.3, 0.4) is 0 Å². The number of benzene rings is 1. The molecule has 2 atom stereocenters. The lowest BCUT2D eigenvalue weighted by molar-refractivity contribution is 0.0915. The summed E-state index contributed by atoms with van der Waals surface area (Å²) in [5, 5.41) is 12.6. The molecule has 4 nitrogen and oxygen atoms in total. The Morgan fingerprint density at radius 2 is 2.28 bits per heavy atom. The van der Waals surface area contributed by atoms with E-state index in [1.165, 1.54) is 18.2 Å². The van der Waals surface area contributed by atoms with Gasteiger partial charge in [-0.15, -0.1) is 0 Å². The lowest BCUT2D eigenvalue weighted by atomic mass is 10.1. The van der Waals surface area contributed by atoms with Gasteiger partial charge in [0.1, 0.15) is 5.75 Å². The number of carbonyl (C=O) groups is 1. The first-order valence-electron chi connectivity index (χ1n) is 5.92. The fourth-order valence-corrected chi connectivity index (χ4v) is 2.44. The highest BCUT2D eigenvalue weighted by atomic mass is 35.5. The summed E-state index contributed by atoms with van der Waals surface area (Å²) in [4.78, 5) is 12.0. The lowest BCUT2D eigenvalue weighted by Crippen LogP contribution is -2.33. The maximum atomic E-state index is 12.0. The van der Waals surface area contributed by atoms with Crippen LogP contribution in [-0.4, -0.2) is 30.3 Å². The maximum Gasteiger partial charge on any atom is 0.253 e. The van der Waals surface area contributed by atoms with Crippen molar-refractivity contribution in [3.8, 4) is 5.75 Å². The number of methoxy groups -OCH3 is 1. The van der Waals surface area contributed by atoms with Gasteiger partial charge < -0.3 is 15.2 Å². The zero-order valence-electron chi connectivity index (χ0n) is 10.1. The molecule has 1 aliphatic rings. The molecule has 0 aliphatic heterocycles. The number of phenols is 1. The van der Waals surface area contributed by atoms with Gasteiger partial charge in [0.05, 0.1) is 16.7 Å². The molecule has 1 aromatic rings.